The maximum Gasteiger partial charge on any atom is 0.349 e. The summed E-state index contributed by atoms with van der Waals surface area (Å²) >= 11 is 0. The van der Waals surface area contributed by atoms with Crippen molar-refractivity contribution in [3.8, 4) is 0 Å². The number of imidazole rings is 1. The lowest BCUT2D eigenvalue weighted by Gasteiger charge is -2.37. The Labute approximate surface area is 196 Å². The summed E-state index contributed by atoms with van der Waals surface area (Å²) in [4.78, 5) is 29.5. The summed E-state index contributed by atoms with van der Waals surface area (Å²) in [5.41, 5.74) is 4.68. The van der Waals surface area contributed by atoms with E-state index in [4.69, 9.17) is 0 Å². The Morgan fingerprint density at radius 2 is 1.26 bits per heavy atom. The van der Waals surface area contributed by atoms with Crippen LogP contribution in [0, 0.1) is 0 Å². The number of benzene rings is 4. The van der Waals surface area contributed by atoms with Crippen LogP contribution in [0.1, 0.15) is 11.1 Å². The van der Waals surface area contributed by atoms with Crippen molar-refractivity contribution in [2.45, 2.75) is 13.1 Å². The third kappa shape index (κ3) is 3.19. The Balaban J connectivity index is 1.57. The van der Waals surface area contributed by atoms with E-state index >= 15 is 0 Å². The van der Waals surface area contributed by atoms with Gasteiger partial charge in [-0.15, -0.1) is 0 Å². The van der Waals surface area contributed by atoms with E-state index in [1.807, 2.05) is 109 Å². The molecule has 0 fully saturated rings. The van der Waals surface area contributed by atoms with Gasteiger partial charge in [0.1, 0.15) is 0 Å². The number of carbonyl (C=O) groups excluding carboxylic acids is 1. The zero-order chi connectivity index (χ0) is 23.1. The van der Waals surface area contributed by atoms with E-state index in [1.54, 1.807) is 9.47 Å². The molecule has 0 bridgehead atoms. The Kier molecular flexibility index (Phi) is 4.77. The largest absolute Gasteiger partial charge is 0.349 e. The molecule has 1 aliphatic heterocycles. The summed E-state index contributed by atoms with van der Waals surface area (Å²) in [6, 6.07) is 34.5. The molecule has 1 aromatic heterocycles. The molecule has 0 unspecified atom stereocenters. The minimum absolute atomic E-state index is 0.261. The number of hydrogen-bond donors (Lipinski definition) is 0. The highest BCUT2D eigenvalue weighted by Gasteiger charge is 2.35. The van der Waals surface area contributed by atoms with Crippen molar-refractivity contribution in [2.75, 3.05) is 9.91 Å². The van der Waals surface area contributed by atoms with Gasteiger partial charge in [0.05, 0.1) is 29.8 Å². The first-order valence-corrected chi connectivity index (χ1v) is 11.2. The van der Waals surface area contributed by atoms with E-state index in [-0.39, 0.29) is 11.7 Å². The van der Waals surface area contributed by atoms with Gasteiger partial charge in [0, 0.05) is 5.69 Å². The highest BCUT2D eigenvalue weighted by molar-refractivity contribution is 6.06. The third-order valence-electron chi connectivity index (χ3n) is 6.22. The summed E-state index contributed by atoms with van der Waals surface area (Å²) < 4.78 is 3.23. The van der Waals surface area contributed by atoms with Crippen molar-refractivity contribution in [1.82, 2.24) is 9.24 Å². The molecular formula is C28H22N4O2. The molecule has 1 aliphatic rings. The second kappa shape index (κ2) is 8.08. The smallest absolute Gasteiger partial charge is 0.288 e. The highest BCUT2D eigenvalue weighted by atomic mass is 16.2. The van der Waals surface area contributed by atoms with Crippen LogP contribution in [0.5, 0.6) is 0 Å². The zero-order valence-electron chi connectivity index (χ0n) is 18.4. The molecule has 34 heavy (non-hydrogen) atoms. The normalized spacial score (nSPS) is 13.4. The standard InChI is InChI=1S/C28H22N4O2/c33-27-29(23-14-5-2-6-15-23)20-22-13-7-8-16-24(22)31(27)32-26-18-10-9-17-25(26)30(28(32)34)19-21-11-3-1-4-12-21/h1-18H,19-20H2. The molecule has 0 spiro atoms. The first kappa shape index (κ1) is 20.1. The van der Waals surface area contributed by atoms with Gasteiger partial charge >= 0.3 is 11.7 Å². The maximum absolute atomic E-state index is 13.9. The second-order valence-corrected chi connectivity index (χ2v) is 8.30. The van der Waals surface area contributed by atoms with Gasteiger partial charge in [0.15, 0.2) is 0 Å². The summed E-state index contributed by atoms with van der Waals surface area (Å²) in [6.45, 7) is 0.853. The molecule has 2 amide bonds. The highest BCUT2D eigenvalue weighted by Crippen LogP contribution is 2.33. The SMILES string of the molecule is O=C1N(c2ccccc2)Cc2ccccc2N1n1c(=O)n(Cc2ccccc2)c2ccccc21. The number of carbonyl (C=O) groups is 1. The Bertz CT molecular complexity index is 1550. The quantitative estimate of drug-likeness (QED) is 0.378. The van der Waals surface area contributed by atoms with Gasteiger partial charge in [-0.1, -0.05) is 78.9 Å². The molecule has 166 valence electrons. The van der Waals surface area contributed by atoms with Gasteiger partial charge in [0.25, 0.3) is 0 Å². The minimum Gasteiger partial charge on any atom is -0.288 e. The average molecular weight is 447 g/mol. The predicted octanol–water partition coefficient (Wildman–Crippen LogP) is 5.26. The maximum atomic E-state index is 13.9. The summed E-state index contributed by atoms with van der Waals surface area (Å²) in [5, 5.41) is 1.51. The number of aromatic nitrogens is 2. The molecule has 0 N–H and O–H groups in total. The van der Waals surface area contributed by atoms with Crippen molar-refractivity contribution in [1.29, 1.82) is 0 Å². The number of urea groups is 1. The monoisotopic (exact) mass is 446 g/mol. The van der Waals surface area contributed by atoms with E-state index in [2.05, 4.69) is 0 Å². The van der Waals surface area contributed by atoms with Crippen molar-refractivity contribution in [3.63, 3.8) is 0 Å². The van der Waals surface area contributed by atoms with Gasteiger partial charge in [-0.25, -0.2) is 9.59 Å². The lowest BCUT2D eigenvalue weighted by atomic mass is 10.1. The number of fused-ring (bicyclic) bond motifs is 2. The molecule has 0 atom stereocenters. The van der Waals surface area contributed by atoms with Crippen LogP contribution in [0.15, 0.2) is 114 Å². The van der Waals surface area contributed by atoms with Crippen molar-refractivity contribution in [3.05, 3.63) is 131 Å². The molecule has 4 aromatic carbocycles. The Morgan fingerprint density at radius 3 is 2.03 bits per heavy atom. The van der Waals surface area contributed by atoms with Gasteiger partial charge in [0.2, 0.25) is 0 Å². The van der Waals surface area contributed by atoms with Crippen molar-refractivity contribution < 1.29 is 4.79 Å². The van der Waals surface area contributed by atoms with Gasteiger partial charge in [-0.05, 0) is 41.5 Å². The number of para-hydroxylation sites is 4. The van der Waals surface area contributed by atoms with Crippen LogP contribution in [0.25, 0.3) is 11.0 Å². The summed E-state index contributed by atoms with van der Waals surface area (Å²) in [5.74, 6) is 0. The fourth-order valence-electron chi connectivity index (χ4n) is 4.61. The molecule has 6 rings (SSSR count). The number of hydrogen-bond acceptors (Lipinski definition) is 2. The molecule has 6 heteroatoms. The molecular weight excluding hydrogens is 424 g/mol. The fourth-order valence-corrected chi connectivity index (χ4v) is 4.61. The van der Waals surface area contributed by atoms with E-state index in [9.17, 15) is 9.59 Å². The van der Waals surface area contributed by atoms with Crippen LogP contribution >= 0.6 is 0 Å². The van der Waals surface area contributed by atoms with Gasteiger partial charge in [-0.2, -0.15) is 9.69 Å². The molecule has 0 saturated heterocycles. The Hall–Kier alpha value is -4.58. The first-order chi connectivity index (χ1) is 16.7. The minimum atomic E-state index is -0.269. The molecule has 6 nitrogen and oxygen atoms in total. The van der Waals surface area contributed by atoms with E-state index in [1.165, 1.54) is 9.69 Å². The lowest BCUT2D eigenvalue weighted by molar-refractivity contribution is 0.248. The van der Waals surface area contributed by atoms with Crippen molar-refractivity contribution in [2.24, 2.45) is 0 Å². The summed E-state index contributed by atoms with van der Waals surface area (Å²) in [6.07, 6.45) is 0. The lowest BCUT2D eigenvalue weighted by Crippen LogP contribution is -2.53. The summed E-state index contributed by atoms with van der Waals surface area (Å²) in [7, 11) is 0. The molecule has 0 saturated carbocycles. The van der Waals surface area contributed by atoms with Gasteiger partial charge < -0.3 is 0 Å². The molecule has 0 radical (unpaired) electrons. The third-order valence-corrected chi connectivity index (χ3v) is 6.22. The molecule has 0 aliphatic carbocycles. The topological polar surface area (TPSA) is 50.5 Å². The number of anilines is 2. The second-order valence-electron chi connectivity index (χ2n) is 8.30. The fraction of sp³-hybridized carbons (Fsp3) is 0.0714. The van der Waals surface area contributed by atoms with Crippen molar-refractivity contribution >= 4 is 28.4 Å². The van der Waals surface area contributed by atoms with Crippen LogP contribution in [0.3, 0.4) is 0 Å². The first-order valence-electron chi connectivity index (χ1n) is 11.2. The Morgan fingerprint density at radius 1 is 0.647 bits per heavy atom. The predicted molar refractivity (Wildman–Crippen MR) is 134 cm³/mol. The number of amides is 2. The van der Waals surface area contributed by atoms with E-state index < -0.39 is 0 Å². The van der Waals surface area contributed by atoms with E-state index in [0.717, 1.165) is 22.3 Å². The van der Waals surface area contributed by atoms with Crippen LogP contribution < -0.4 is 15.6 Å². The molecule has 5 aromatic rings. The van der Waals surface area contributed by atoms with E-state index in [0.29, 0.717) is 24.3 Å². The van der Waals surface area contributed by atoms with Crippen LogP contribution in [0.4, 0.5) is 16.2 Å². The zero-order valence-corrected chi connectivity index (χ0v) is 18.4. The number of rotatable bonds is 4. The molecule has 2 heterocycles. The van der Waals surface area contributed by atoms with Crippen LogP contribution in [0.2, 0.25) is 0 Å². The van der Waals surface area contributed by atoms with Gasteiger partial charge in [-0.3, -0.25) is 9.47 Å². The van der Waals surface area contributed by atoms with Crippen LogP contribution in [-0.2, 0) is 13.1 Å². The average Bonchev–Trinajstić information content (AvgIpc) is 3.16. The number of nitrogens with zero attached hydrogens (tertiary/aromatic N) is 4. The van der Waals surface area contributed by atoms with Crippen LogP contribution in [-0.4, -0.2) is 15.3 Å².